The maximum atomic E-state index is 8.82. The average Bonchev–Trinajstić information content (AvgIpc) is 0.722. The summed E-state index contributed by atoms with van der Waals surface area (Å²) in [6.07, 6.45) is 0. The van der Waals surface area contributed by atoms with Crippen molar-refractivity contribution in [3.05, 3.63) is 0 Å². The van der Waals surface area contributed by atoms with E-state index in [2.05, 4.69) is 0 Å². The number of hydrogen-bond acceptors (Lipinski definition) is 2. The van der Waals surface area contributed by atoms with E-state index in [0.717, 1.165) is 0 Å². The molecular formula is H10CrO8Zn. The zero-order chi connectivity index (χ0) is 4.50. The van der Waals surface area contributed by atoms with Crippen LogP contribution in [0.25, 0.3) is 0 Å². The molecule has 0 atom stereocenters. The van der Waals surface area contributed by atoms with Gasteiger partial charge in [-0.05, 0) is 0 Å². The van der Waals surface area contributed by atoms with Gasteiger partial charge in [-0.2, -0.15) is 0 Å². The van der Waals surface area contributed by atoms with Crippen LogP contribution in [0.4, 0.5) is 0 Å². The summed E-state index contributed by atoms with van der Waals surface area (Å²) in [6.45, 7) is 0. The molecule has 0 saturated heterocycles. The molecule has 0 heterocycles. The van der Waals surface area contributed by atoms with Gasteiger partial charge in [0.2, 0.25) is 0 Å². The first-order valence-electron chi connectivity index (χ1n) is 0.698. The van der Waals surface area contributed by atoms with Crippen molar-refractivity contribution >= 4 is 0 Å². The molecule has 0 aliphatic rings. The van der Waals surface area contributed by atoms with Gasteiger partial charge in [-0.25, -0.2) is 0 Å². The van der Waals surface area contributed by atoms with Gasteiger partial charge in [0.1, 0.15) is 0 Å². The molecule has 10 heavy (non-hydrogen) atoms. The Bertz CT molecular complexity index is 92.4. The van der Waals surface area contributed by atoms with Crippen molar-refractivity contribution in [2.75, 3.05) is 0 Å². The van der Waals surface area contributed by atoms with Crippen LogP contribution >= 0.6 is 0 Å². The molecule has 0 aliphatic heterocycles. The molecule has 8 nitrogen and oxygen atoms in total. The van der Waals surface area contributed by atoms with Crippen LogP contribution in [0.3, 0.4) is 0 Å². The summed E-state index contributed by atoms with van der Waals surface area (Å²) in [5, 5.41) is 0. The standard InChI is InChI=1S/Cr.6H2O.2O.Zn/h;6*1H2;;;/q+2;;;;;;;;;/p-2. The molecule has 0 aromatic heterocycles. The zero-order valence-electron chi connectivity index (χ0n) is 4.83. The van der Waals surface area contributed by atoms with Crippen LogP contribution in [0.1, 0.15) is 0 Å². The maximum absolute atomic E-state index is 8.82. The Morgan fingerprint density at radius 3 is 0.800 bits per heavy atom. The van der Waals surface area contributed by atoms with Gasteiger partial charge in [0.05, 0.1) is 0 Å². The fourth-order valence-electron chi connectivity index (χ4n) is 0. The van der Waals surface area contributed by atoms with Gasteiger partial charge in [-0.1, -0.05) is 0 Å². The third-order valence-electron chi connectivity index (χ3n) is 0. The van der Waals surface area contributed by atoms with Crippen molar-refractivity contribution in [3.63, 3.8) is 0 Å². The van der Waals surface area contributed by atoms with E-state index in [0.29, 0.717) is 0 Å². The topological polar surface area (TPSA) is 201 Å². The minimum absolute atomic E-state index is 0. The Morgan fingerprint density at radius 2 is 0.800 bits per heavy atom. The second-order valence-electron chi connectivity index (χ2n) is 0.448. The van der Waals surface area contributed by atoms with Gasteiger partial charge >= 0.3 is 29.5 Å². The van der Waals surface area contributed by atoms with Crippen LogP contribution in [-0.2, 0) is 40.7 Å². The normalized spacial score (nSPS) is 5.80. The number of rotatable bonds is 0. The molecule has 0 spiro atoms. The third-order valence-corrected chi connectivity index (χ3v) is 0. The van der Waals surface area contributed by atoms with E-state index < -0.39 is 13.6 Å². The van der Waals surface area contributed by atoms with Gasteiger partial charge in [-0.15, -0.1) is 0 Å². The third kappa shape index (κ3) is 1810. The second kappa shape index (κ2) is 16.3. The summed E-state index contributed by atoms with van der Waals surface area (Å²) in [6, 6.07) is 0. The van der Waals surface area contributed by atoms with Gasteiger partial charge in [0.25, 0.3) is 0 Å². The molecule has 0 aromatic rings. The van der Waals surface area contributed by atoms with Gasteiger partial charge in [0, 0.05) is 19.5 Å². The molecule has 0 fully saturated rings. The van der Waals surface area contributed by atoms with E-state index in [1.165, 1.54) is 0 Å². The minimum atomic E-state index is -5.25. The first kappa shape index (κ1) is 46.7. The Kier molecular flexibility index (Phi) is 75.9. The quantitative estimate of drug-likeness (QED) is 0.410. The van der Waals surface area contributed by atoms with Crippen LogP contribution in [0.15, 0.2) is 0 Å². The van der Waals surface area contributed by atoms with Crippen molar-refractivity contribution in [2.45, 2.75) is 0 Å². The Labute approximate surface area is 71.2 Å². The fraction of sp³-hybridized carbons (Fsp3) is 0. The monoisotopic (exact) mass is 254 g/mol. The molecule has 10 N–H and O–H groups in total. The van der Waals surface area contributed by atoms with Gasteiger partial charge in [0.15, 0.2) is 0 Å². The predicted octanol–water partition coefficient (Wildman–Crippen LogP) is -4.66. The molecular weight excluding hydrogens is 245 g/mol. The summed E-state index contributed by atoms with van der Waals surface area (Å²) < 4.78 is 31.9. The Morgan fingerprint density at radius 1 is 0.800 bits per heavy atom. The van der Waals surface area contributed by atoms with E-state index in [1.54, 1.807) is 0 Å². The summed E-state index contributed by atoms with van der Waals surface area (Å²) in [7, 11) is 0. The first-order chi connectivity index (χ1) is 2.00. The van der Waals surface area contributed by atoms with Crippen molar-refractivity contribution in [1.29, 1.82) is 0 Å². The largest absolute Gasteiger partial charge is 0 e. The van der Waals surface area contributed by atoms with Crippen molar-refractivity contribution < 1.29 is 70.9 Å². The Balaban J connectivity index is -0.00000000800. The average molecular weight is 255 g/mol. The smallest absolute Gasteiger partial charge is 0 e. The van der Waals surface area contributed by atoms with E-state index >= 15 is 0 Å². The molecule has 66 valence electrons. The SMILES string of the molecule is O.O.O.O.[O]=[Cr](=[O])([OH])[OH].[Zn]. The first-order valence-corrected chi connectivity index (χ1v) is 2.88. The van der Waals surface area contributed by atoms with Gasteiger partial charge < -0.3 is 21.9 Å². The Hall–Kier alpha value is 0.516. The summed E-state index contributed by atoms with van der Waals surface area (Å²) in [4.78, 5) is 0. The maximum Gasteiger partial charge on any atom is 0 e. The van der Waals surface area contributed by atoms with E-state index in [9.17, 15) is 0 Å². The number of hydrogen-bond donors (Lipinski definition) is 2. The second-order valence-corrected chi connectivity index (χ2v) is 1.85. The summed E-state index contributed by atoms with van der Waals surface area (Å²) in [5.41, 5.74) is 0. The van der Waals surface area contributed by atoms with Gasteiger partial charge in [-0.3, -0.25) is 0 Å². The molecule has 0 radical (unpaired) electrons. The molecule has 0 bridgehead atoms. The van der Waals surface area contributed by atoms with E-state index in [1.807, 2.05) is 0 Å². The van der Waals surface area contributed by atoms with Crippen LogP contribution in [-0.4, -0.2) is 30.2 Å². The fourth-order valence-corrected chi connectivity index (χ4v) is 0. The van der Waals surface area contributed by atoms with Crippen molar-refractivity contribution in [1.82, 2.24) is 0 Å². The molecule has 0 unspecified atom stereocenters. The predicted molar refractivity (Wildman–Crippen MR) is 20.3 cm³/mol. The zero-order valence-corrected chi connectivity index (χ0v) is 9.07. The summed E-state index contributed by atoms with van der Waals surface area (Å²) >= 11 is -5.25. The summed E-state index contributed by atoms with van der Waals surface area (Å²) in [5.74, 6) is 0. The molecule has 0 aromatic carbocycles. The molecule has 0 rings (SSSR count). The van der Waals surface area contributed by atoms with Crippen molar-refractivity contribution in [2.24, 2.45) is 0 Å². The molecule has 0 amide bonds. The van der Waals surface area contributed by atoms with Crippen molar-refractivity contribution in [3.8, 4) is 0 Å². The minimum Gasteiger partial charge on any atom is 0 e. The molecule has 0 saturated carbocycles. The van der Waals surface area contributed by atoms with Crippen LogP contribution in [0, 0.1) is 0 Å². The van der Waals surface area contributed by atoms with Crippen LogP contribution < -0.4 is 0 Å². The van der Waals surface area contributed by atoms with E-state index in [-0.39, 0.29) is 41.4 Å². The van der Waals surface area contributed by atoms with Crippen LogP contribution in [0.5, 0.6) is 0 Å². The molecule has 0 aliphatic carbocycles. The van der Waals surface area contributed by atoms with Crippen LogP contribution in [0.2, 0.25) is 0 Å². The van der Waals surface area contributed by atoms with E-state index in [4.69, 9.17) is 15.9 Å². The molecule has 10 heteroatoms.